The molecule has 2 aromatic carbocycles. The van der Waals surface area contributed by atoms with Crippen LogP contribution in [0, 0.1) is 18.6 Å². The lowest BCUT2D eigenvalue weighted by molar-refractivity contribution is 0.242. The van der Waals surface area contributed by atoms with Crippen molar-refractivity contribution in [2.24, 2.45) is 0 Å². The van der Waals surface area contributed by atoms with Gasteiger partial charge in [-0.15, -0.1) is 11.6 Å². The van der Waals surface area contributed by atoms with Crippen molar-refractivity contribution >= 4 is 11.6 Å². The number of rotatable bonds is 4. The van der Waals surface area contributed by atoms with Gasteiger partial charge in [-0.2, -0.15) is 0 Å². The van der Waals surface area contributed by atoms with Crippen LogP contribution in [0.25, 0.3) is 0 Å². The third kappa shape index (κ3) is 3.73. The van der Waals surface area contributed by atoms with Gasteiger partial charge in [-0.1, -0.05) is 12.1 Å². The van der Waals surface area contributed by atoms with Gasteiger partial charge in [-0.25, -0.2) is 8.78 Å². The van der Waals surface area contributed by atoms with Gasteiger partial charge >= 0.3 is 0 Å². The standard InChI is InChI=1S/C17H17ClF2O/c1-10(2)21-13-6-4-5-12(8-13)17(18)14-7-11(3)15(19)9-16(14)20/h4-10,17H,1-3H3. The van der Waals surface area contributed by atoms with E-state index in [1.54, 1.807) is 25.1 Å². The first kappa shape index (κ1) is 15.8. The summed E-state index contributed by atoms with van der Waals surface area (Å²) < 4.78 is 32.9. The van der Waals surface area contributed by atoms with Crippen molar-refractivity contribution in [3.63, 3.8) is 0 Å². The Hall–Kier alpha value is -1.61. The fourth-order valence-electron chi connectivity index (χ4n) is 2.07. The van der Waals surface area contributed by atoms with Crippen molar-refractivity contribution in [2.45, 2.75) is 32.3 Å². The zero-order valence-corrected chi connectivity index (χ0v) is 12.9. The summed E-state index contributed by atoms with van der Waals surface area (Å²) in [5.41, 5.74) is 1.34. The van der Waals surface area contributed by atoms with Gasteiger partial charge in [-0.3, -0.25) is 0 Å². The van der Waals surface area contributed by atoms with Crippen molar-refractivity contribution in [1.29, 1.82) is 0 Å². The SMILES string of the molecule is Cc1cc(C(Cl)c2cccc(OC(C)C)c2)c(F)cc1F. The Bertz CT molecular complexity index is 641. The zero-order chi connectivity index (χ0) is 15.6. The first-order valence-corrected chi connectivity index (χ1v) is 7.18. The number of alkyl halides is 1. The van der Waals surface area contributed by atoms with Gasteiger partial charge in [-0.05, 0) is 50.1 Å². The zero-order valence-electron chi connectivity index (χ0n) is 12.2. The van der Waals surface area contributed by atoms with Crippen molar-refractivity contribution in [3.05, 3.63) is 64.7 Å². The molecule has 112 valence electrons. The Balaban J connectivity index is 2.36. The van der Waals surface area contributed by atoms with Crippen LogP contribution in [0.1, 0.15) is 35.9 Å². The molecule has 0 aromatic heterocycles. The highest BCUT2D eigenvalue weighted by Crippen LogP contribution is 2.33. The monoisotopic (exact) mass is 310 g/mol. The molecule has 2 aromatic rings. The molecule has 0 aliphatic carbocycles. The van der Waals surface area contributed by atoms with E-state index in [-0.39, 0.29) is 11.7 Å². The molecular weight excluding hydrogens is 294 g/mol. The smallest absolute Gasteiger partial charge is 0.131 e. The molecule has 21 heavy (non-hydrogen) atoms. The first-order valence-electron chi connectivity index (χ1n) is 6.74. The summed E-state index contributed by atoms with van der Waals surface area (Å²) in [6.07, 6.45) is 0.0406. The van der Waals surface area contributed by atoms with Crippen LogP contribution in [-0.2, 0) is 0 Å². The summed E-state index contributed by atoms with van der Waals surface area (Å²) in [6.45, 7) is 5.43. The maximum Gasteiger partial charge on any atom is 0.131 e. The van der Waals surface area contributed by atoms with E-state index < -0.39 is 17.0 Å². The topological polar surface area (TPSA) is 9.23 Å². The van der Waals surface area contributed by atoms with Gasteiger partial charge < -0.3 is 4.74 Å². The van der Waals surface area contributed by atoms with Crippen LogP contribution < -0.4 is 4.74 Å². The van der Waals surface area contributed by atoms with Crippen molar-refractivity contribution in [1.82, 2.24) is 0 Å². The van der Waals surface area contributed by atoms with Gasteiger partial charge in [0.2, 0.25) is 0 Å². The van der Waals surface area contributed by atoms with Crippen LogP contribution in [-0.4, -0.2) is 6.10 Å². The molecule has 0 saturated carbocycles. The number of ether oxygens (including phenoxy) is 1. The van der Waals surface area contributed by atoms with Crippen LogP contribution in [0.2, 0.25) is 0 Å². The van der Waals surface area contributed by atoms with Crippen LogP contribution in [0.15, 0.2) is 36.4 Å². The number of hydrogen-bond acceptors (Lipinski definition) is 1. The number of halogens is 3. The Kier molecular flexibility index (Phi) is 4.84. The van der Waals surface area contributed by atoms with Gasteiger partial charge in [0.1, 0.15) is 17.4 Å². The first-order chi connectivity index (χ1) is 9.88. The Morgan fingerprint density at radius 1 is 1.05 bits per heavy atom. The molecule has 0 saturated heterocycles. The molecule has 0 radical (unpaired) electrons. The molecule has 0 spiro atoms. The Morgan fingerprint density at radius 3 is 2.43 bits per heavy atom. The fraction of sp³-hybridized carbons (Fsp3) is 0.294. The van der Waals surface area contributed by atoms with Crippen molar-refractivity contribution in [3.8, 4) is 5.75 Å². The predicted octanol–water partition coefficient (Wildman–Crippen LogP) is 5.39. The average molecular weight is 311 g/mol. The molecule has 1 atom stereocenters. The maximum atomic E-state index is 13.9. The molecule has 0 N–H and O–H groups in total. The third-order valence-corrected chi connectivity index (χ3v) is 3.56. The van der Waals surface area contributed by atoms with E-state index in [1.165, 1.54) is 6.07 Å². The van der Waals surface area contributed by atoms with Gasteiger partial charge in [0.05, 0.1) is 11.5 Å². The fourth-order valence-corrected chi connectivity index (χ4v) is 2.37. The van der Waals surface area contributed by atoms with E-state index in [0.29, 0.717) is 16.9 Å². The molecule has 2 rings (SSSR count). The van der Waals surface area contributed by atoms with Gasteiger partial charge in [0, 0.05) is 11.6 Å². The highest BCUT2D eigenvalue weighted by Gasteiger charge is 2.18. The quantitative estimate of drug-likeness (QED) is 0.688. The molecule has 0 aliphatic heterocycles. The second kappa shape index (κ2) is 6.44. The Morgan fingerprint density at radius 2 is 1.76 bits per heavy atom. The number of aryl methyl sites for hydroxylation is 1. The minimum absolute atomic E-state index is 0.0406. The van der Waals surface area contributed by atoms with E-state index in [9.17, 15) is 8.78 Å². The molecular formula is C17H17ClF2O. The third-order valence-electron chi connectivity index (χ3n) is 3.07. The predicted molar refractivity (Wildman–Crippen MR) is 81.0 cm³/mol. The maximum absolute atomic E-state index is 13.9. The van der Waals surface area contributed by atoms with E-state index in [0.717, 1.165) is 6.07 Å². The lowest BCUT2D eigenvalue weighted by Crippen LogP contribution is -2.06. The molecule has 0 bridgehead atoms. The van der Waals surface area contributed by atoms with E-state index in [2.05, 4.69) is 0 Å². The highest BCUT2D eigenvalue weighted by molar-refractivity contribution is 6.22. The summed E-state index contributed by atoms with van der Waals surface area (Å²) in [7, 11) is 0. The van der Waals surface area contributed by atoms with E-state index in [1.807, 2.05) is 19.9 Å². The molecule has 1 unspecified atom stereocenters. The number of benzene rings is 2. The second-order valence-electron chi connectivity index (χ2n) is 5.22. The normalized spacial score (nSPS) is 12.5. The lowest BCUT2D eigenvalue weighted by Gasteiger charge is -2.15. The minimum atomic E-state index is -0.694. The largest absolute Gasteiger partial charge is 0.491 e. The average Bonchev–Trinajstić information content (AvgIpc) is 2.41. The summed E-state index contributed by atoms with van der Waals surface area (Å²) in [6, 6.07) is 9.50. The molecule has 0 amide bonds. The molecule has 0 fully saturated rings. The van der Waals surface area contributed by atoms with Gasteiger partial charge in [0.15, 0.2) is 0 Å². The van der Waals surface area contributed by atoms with Crippen molar-refractivity contribution < 1.29 is 13.5 Å². The summed E-state index contributed by atoms with van der Waals surface area (Å²) >= 11 is 6.35. The van der Waals surface area contributed by atoms with Crippen LogP contribution in [0.3, 0.4) is 0 Å². The van der Waals surface area contributed by atoms with Crippen LogP contribution in [0.4, 0.5) is 8.78 Å². The molecule has 0 heterocycles. The summed E-state index contributed by atoms with van der Waals surface area (Å²) in [5, 5.41) is -0.694. The molecule has 1 nitrogen and oxygen atoms in total. The van der Waals surface area contributed by atoms with E-state index in [4.69, 9.17) is 16.3 Å². The summed E-state index contributed by atoms with van der Waals surface area (Å²) in [5.74, 6) is -0.544. The van der Waals surface area contributed by atoms with Gasteiger partial charge in [0.25, 0.3) is 0 Å². The number of hydrogen-bond donors (Lipinski definition) is 0. The highest BCUT2D eigenvalue weighted by atomic mass is 35.5. The molecule has 4 heteroatoms. The van der Waals surface area contributed by atoms with Crippen molar-refractivity contribution in [2.75, 3.05) is 0 Å². The second-order valence-corrected chi connectivity index (χ2v) is 5.66. The van der Waals surface area contributed by atoms with E-state index >= 15 is 0 Å². The Labute approximate surface area is 128 Å². The van der Waals surface area contributed by atoms with Crippen LogP contribution in [0.5, 0.6) is 5.75 Å². The molecule has 0 aliphatic rings. The minimum Gasteiger partial charge on any atom is -0.491 e. The summed E-state index contributed by atoms with van der Waals surface area (Å²) in [4.78, 5) is 0. The van der Waals surface area contributed by atoms with Crippen LogP contribution >= 0.6 is 11.6 Å². The lowest BCUT2D eigenvalue weighted by atomic mass is 10.0.